The molecule has 3 heterocycles. The van der Waals surface area contributed by atoms with Crippen LogP contribution in [0, 0.1) is 5.92 Å². The lowest BCUT2D eigenvalue weighted by atomic mass is 9.84. The average molecular weight is 416 g/mol. The normalized spacial score (nSPS) is 23.4. The molecule has 0 aliphatic carbocycles. The van der Waals surface area contributed by atoms with Gasteiger partial charge >= 0.3 is 0 Å². The van der Waals surface area contributed by atoms with Crippen LogP contribution in [0.4, 0.5) is 5.69 Å². The molecule has 0 aromatic heterocycles. The Kier molecular flexibility index (Phi) is 5.47. The van der Waals surface area contributed by atoms with Crippen LogP contribution in [0.2, 0.25) is 0 Å². The Bertz CT molecular complexity index is 983. The van der Waals surface area contributed by atoms with Gasteiger partial charge in [-0.2, -0.15) is 0 Å². The van der Waals surface area contributed by atoms with Crippen molar-refractivity contribution in [2.24, 2.45) is 5.92 Å². The van der Waals surface area contributed by atoms with Crippen molar-refractivity contribution in [2.75, 3.05) is 30.6 Å². The molecule has 0 saturated carbocycles. The first kappa shape index (κ1) is 19.7. The van der Waals surface area contributed by atoms with Crippen molar-refractivity contribution in [3.63, 3.8) is 0 Å². The van der Waals surface area contributed by atoms with Gasteiger partial charge in [0.2, 0.25) is 10.0 Å². The van der Waals surface area contributed by atoms with Crippen LogP contribution in [0.1, 0.15) is 23.2 Å². The molecule has 3 fully saturated rings. The largest absolute Gasteiger partial charge is 0.457 e. The molecule has 8 heteroatoms. The van der Waals surface area contributed by atoms with E-state index in [2.05, 4.69) is 14.9 Å². The van der Waals surface area contributed by atoms with Crippen LogP contribution in [-0.4, -0.2) is 51.2 Å². The van der Waals surface area contributed by atoms with Crippen molar-refractivity contribution < 1.29 is 17.9 Å². The number of piperidine rings is 3. The Morgan fingerprint density at radius 1 is 1.07 bits per heavy atom. The van der Waals surface area contributed by atoms with Crippen molar-refractivity contribution in [1.82, 2.24) is 10.2 Å². The lowest BCUT2D eigenvalue weighted by Gasteiger charge is -2.44. The van der Waals surface area contributed by atoms with Gasteiger partial charge in [0, 0.05) is 24.2 Å². The Morgan fingerprint density at radius 3 is 2.41 bits per heavy atom. The molecule has 154 valence electrons. The number of carbonyl (C=O) groups is 1. The molecule has 3 aliphatic heterocycles. The van der Waals surface area contributed by atoms with E-state index in [9.17, 15) is 13.2 Å². The predicted octanol–water partition coefficient (Wildman–Crippen LogP) is 2.67. The monoisotopic (exact) mass is 415 g/mol. The van der Waals surface area contributed by atoms with Gasteiger partial charge in [0.05, 0.1) is 11.9 Å². The van der Waals surface area contributed by atoms with Crippen molar-refractivity contribution in [1.29, 1.82) is 0 Å². The van der Waals surface area contributed by atoms with E-state index in [0.29, 0.717) is 28.7 Å². The molecular formula is C21H25N3O4S. The first-order chi connectivity index (χ1) is 13.9. The van der Waals surface area contributed by atoms with Gasteiger partial charge in [-0.1, -0.05) is 6.07 Å². The van der Waals surface area contributed by atoms with E-state index in [1.807, 2.05) is 0 Å². The fourth-order valence-corrected chi connectivity index (χ4v) is 4.58. The number of carbonyl (C=O) groups excluding carboxylic acids is 1. The second-order valence-electron chi connectivity index (χ2n) is 7.75. The van der Waals surface area contributed by atoms with Gasteiger partial charge in [-0.15, -0.1) is 0 Å². The molecule has 29 heavy (non-hydrogen) atoms. The van der Waals surface area contributed by atoms with Gasteiger partial charge in [0.1, 0.15) is 11.5 Å². The quantitative estimate of drug-likeness (QED) is 0.757. The van der Waals surface area contributed by atoms with E-state index in [1.54, 1.807) is 48.5 Å². The lowest BCUT2D eigenvalue weighted by Crippen LogP contribution is -2.57. The van der Waals surface area contributed by atoms with E-state index >= 15 is 0 Å². The highest BCUT2D eigenvalue weighted by molar-refractivity contribution is 7.92. The fraction of sp³-hybridized carbons (Fsp3) is 0.381. The third kappa shape index (κ3) is 5.07. The SMILES string of the molecule is CS(=O)(=O)Nc1cccc(Oc2ccc(C(=O)N[C@H]3CN4CCC3CC4)cc2)c1. The summed E-state index contributed by atoms with van der Waals surface area (Å²) in [6.07, 6.45) is 3.41. The Morgan fingerprint density at radius 2 is 1.79 bits per heavy atom. The topological polar surface area (TPSA) is 87.7 Å². The van der Waals surface area contributed by atoms with Gasteiger partial charge in [-0.3, -0.25) is 9.52 Å². The minimum absolute atomic E-state index is 0.0605. The molecule has 2 aromatic rings. The second-order valence-corrected chi connectivity index (χ2v) is 9.49. The van der Waals surface area contributed by atoms with Gasteiger partial charge in [0.15, 0.2) is 0 Å². The van der Waals surface area contributed by atoms with Gasteiger partial charge in [0.25, 0.3) is 5.91 Å². The zero-order valence-corrected chi connectivity index (χ0v) is 17.1. The molecule has 3 saturated heterocycles. The van der Waals surface area contributed by atoms with Gasteiger partial charge < -0.3 is 15.0 Å². The van der Waals surface area contributed by atoms with Crippen molar-refractivity contribution >= 4 is 21.6 Å². The highest BCUT2D eigenvalue weighted by Crippen LogP contribution is 2.28. The van der Waals surface area contributed by atoms with E-state index in [4.69, 9.17) is 4.74 Å². The zero-order valence-electron chi connectivity index (χ0n) is 16.3. The van der Waals surface area contributed by atoms with Crippen LogP contribution in [0.25, 0.3) is 0 Å². The van der Waals surface area contributed by atoms with Gasteiger partial charge in [-0.25, -0.2) is 8.42 Å². The standard InChI is InChI=1S/C21H25N3O4S/c1-29(26,27)23-17-3-2-4-19(13-17)28-18-7-5-16(6-8-18)21(25)22-20-14-24-11-9-15(20)10-12-24/h2-8,13,15,20,23H,9-12,14H2,1H3,(H,22,25)/t20-/m0/s1. The number of rotatable bonds is 6. The maximum absolute atomic E-state index is 12.6. The average Bonchev–Trinajstić information content (AvgIpc) is 2.68. The number of benzene rings is 2. The first-order valence-corrected chi connectivity index (χ1v) is 11.6. The maximum atomic E-state index is 12.6. The van der Waals surface area contributed by atoms with E-state index in [1.165, 1.54) is 0 Å². The Hall–Kier alpha value is -2.58. The molecule has 7 nitrogen and oxygen atoms in total. The smallest absolute Gasteiger partial charge is 0.251 e. The first-order valence-electron chi connectivity index (χ1n) is 9.75. The molecule has 0 radical (unpaired) electrons. The summed E-state index contributed by atoms with van der Waals surface area (Å²) in [5.41, 5.74) is 1.03. The highest BCUT2D eigenvalue weighted by Gasteiger charge is 2.34. The van der Waals surface area contributed by atoms with E-state index in [-0.39, 0.29) is 11.9 Å². The zero-order chi connectivity index (χ0) is 20.4. The van der Waals surface area contributed by atoms with Crippen LogP contribution in [0.3, 0.4) is 0 Å². The van der Waals surface area contributed by atoms with Crippen molar-refractivity contribution in [3.05, 3.63) is 54.1 Å². The third-order valence-electron chi connectivity index (χ3n) is 5.46. The number of fused-ring (bicyclic) bond motifs is 3. The minimum atomic E-state index is -3.35. The number of sulfonamides is 1. The Balaban J connectivity index is 1.38. The van der Waals surface area contributed by atoms with Crippen LogP contribution < -0.4 is 14.8 Å². The van der Waals surface area contributed by atoms with E-state index < -0.39 is 10.0 Å². The molecule has 5 rings (SSSR count). The molecule has 1 amide bonds. The van der Waals surface area contributed by atoms with E-state index in [0.717, 1.165) is 38.7 Å². The summed E-state index contributed by atoms with van der Waals surface area (Å²) < 4.78 is 30.9. The fourth-order valence-electron chi connectivity index (χ4n) is 4.03. The summed E-state index contributed by atoms with van der Waals surface area (Å²) in [5, 5.41) is 3.18. The number of ether oxygens (including phenoxy) is 1. The minimum Gasteiger partial charge on any atom is -0.457 e. The molecule has 2 bridgehead atoms. The summed E-state index contributed by atoms with van der Waals surface area (Å²) >= 11 is 0. The van der Waals surface area contributed by atoms with Gasteiger partial charge in [-0.05, 0) is 68.2 Å². The van der Waals surface area contributed by atoms with Crippen LogP contribution in [0.5, 0.6) is 11.5 Å². The second kappa shape index (κ2) is 8.04. The number of hydrogen-bond acceptors (Lipinski definition) is 5. The molecule has 3 aliphatic rings. The summed E-state index contributed by atoms with van der Waals surface area (Å²) in [4.78, 5) is 15.0. The van der Waals surface area contributed by atoms with Crippen LogP contribution in [0.15, 0.2) is 48.5 Å². The number of nitrogens with zero attached hydrogens (tertiary/aromatic N) is 1. The number of amides is 1. The summed E-state index contributed by atoms with van der Waals surface area (Å²) in [6.45, 7) is 3.23. The molecule has 0 unspecified atom stereocenters. The summed E-state index contributed by atoms with van der Waals surface area (Å²) in [7, 11) is -3.35. The molecular weight excluding hydrogens is 390 g/mol. The van der Waals surface area contributed by atoms with Crippen LogP contribution in [-0.2, 0) is 10.0 Å². The summed E-state index contributed by atoms with van der Waals surface area (Å²) in [6, 6.07) is 13.9. The summed E-state index contributed by atoms with van der Waals surface area (Å²) in [5.74, 6) is 1.60. The highest BCUT2D eigenvalue weighted by atomic mass is 32.2. The van der Waals surface area contributed by atoms with Crippen molar-refractivity contribution in [2.45, 2.75) is 18.9 Å². The molecule has 1 atom stereocenters. The Labute approximate surface area is 171 Å². The predicted molar refractivity (Wildman–Crippen MR) is 112 cm³/mol. The molecule has 2 N–H and O–H groups in total. The number of anilines is 1. The number of nitrogens with one attached hydrogen (secondary N) is 2. The number of hydrogen-bond donors (Lipinski definition) is 2. The van der Waals surface area contributed by atoms with Crippen LogP contribution >= 0.6 is 0 Å². The molecule has 2 aromatic carbocycles. The molecule has 0 spiro atoms. The third-order valence-corrected chi connectivity index (χ3v) is 6.07. The van der Waals surface area contributed by atoms with Crippen molar-refractivity contribution in [3.8, 4) is 11.5 Å². The lowest BCUT2D eigenvalue weighted by molar-refractivity contribution is 0.0620. The maximum Gasteiger partial charge on any atom is 0.251 e.